The van der Waals surface area contributed by atoms with Gasteiger partial charge in [0, 0.05) is 49.9 Å². The molecule has 1 aromatic carbocycles. The second kappa shape index (κ2) is 9.94. The molecule has 10 heteroatoms. The number of piperazine rings is 1. The van der Waals surface area contributed by atoms with Gasteiger partial charge in [-0.25, -0.2) is 0 Å². The normalized spacial score (nSPS) is 17.1. The fourth-order valence-corrected chi connectivity index (χ4v) is 4.66. The van der Waals surface area contributed by atoms with Gasteiger partial charge in [-0.2, -0.15) is 0 Å². The van der Waals surface area contributed by atoms with Gasteiger partial charge in [0.15, 0.2) is 11.8 Å². The minimum Gasteiger partial charge on any atom is -0.494 e. The summed E-state index contributed by atoms with van der Waals surface area (Å²) in [5, 5.41) is 42.8. The molecule has 1 saturated heterocycles. The number of nitrogens with zero attached hydrogens (tertiary/aromatic N) is 4. The summed E-state index contributed by atoms with van der Waals surface area (Å²) in [7, 11) is 0. The van der Waals surface area contributed by atoms with Crippen molar-refractivity contribution in [3.8, 4) is 17.5 Å². The molecule has 0 spiro atoms. The van der Waals surface area contributed by atoms with Gasteiger partial charge in [0.2, 0.25) is 0 Å². The molecule has 0 amide bonds. The Morgan fingerprint density at radius 1 is 1.03 bits per heavy atom. The number of nitro benzene ring substituents is 1. The second-order valence-electron chi connectivity index (χ2n) is 9.11. The number of ether oxygens (including phenoxy) is 1. The first-order valence-corrected chi connectivity index (χ1v) is 11.6. The highest BCUT2D eigenvalue weighted by Crippen LogP contribution is 2.37. The largest absolute Gasteiger partial charge is 0.494 e. The van der Waals surface area contributed by atoms with Crippen molar-refractivity contribution in [2.24, 2.45) is 0 Å². The first kappa shape index (κ1) is 23.9. The Kier molecular flexibility index (Phi) is 6.99. The molecule has 2 heterocycles. The third-order valence-electron chi connectivity index (χ3n) is 6.32. The van der Waals surface area contributed by atoms with Crippen molar-refractivity contribution < 1.29 is 25.0 Å². The number of non-ortho nitro benzene ring substituents is 1. The van der Waals surface area contributed by atoms with Gasteiger partial charge < -0.3 is 25.0 Å². The lowest BCUT2D eigenvalue weighted by Crippen LogP contribution is -2.49. The van der Waals surface area contributed by atoms with Crippen LogP contribution in [-0.2, 0) is 19.4 Å². The van der Waals surface area contributed by atoms with E-state index in [1.807, 2.05) is 26.0 Å². The number of β-amino-alcohol motifs (C(OH)–C–C–N with tert-alkyl or cyclic N) is 1. The van der Waals surface area contributed by atoms with Gasteiger partial charge in [0.25, 0.3) is 5.69 Å². The van der Waals surface area contributed by atoms with E-state index in [9.17, 15) is 25.4 Å². The molecule has 4 rings (SSSR count). The van der Waals surface area contributed by atoms with E-state index >= 15 is 0 Å². The zero-order valence-corrected chi connectivity index (χ0v) is 19.6. The van der Waals surface area contributed by atoms with Crippen molar-refractivity contribution in [3.05, 3.63) is 51.6 Å². The molecule has 1 aliphatic heterocycles. The molecular weight excluding hydrogens is 440 g/mol. The van der Waals surface area contributed by atoms with Crippen LogP contribution < -0.4 is 9.64 Å². The lowest BCUT2D eigenvalue weighted by atomic mass is 10.0. The number of hydrogen-bond donors (Lipinski definition) is 3. The monoisotopic (exact) mass is 472 g/mol. The highest BCUT2D eigenvalue weighted by atomic mass is 16.6. The van der Waals surface area contributed by atoms with Crippen LogP contribution in [0.3, 0.4) is 0 Å². The number of anilines is 1. The average Bonchev–Trinajstić information content (AvgIpc) is 3.04. The van der Waals surface area contributed by atoms with Crippen LogP contribution in [0.25, 0.3) is 0 Å². The number of benzene rings is 1. The van der Waals surface area contributed by atoms with Gasteiger partial charge in [0.05, 0.1) is 35.4 Å². The maximum absolute atomic E-state index is 11.2. The first-order chi connectivity index (χ1) is 16.2. The summed E-state index contributed by atoms with van der Waals surface area (Å²) >= 11 is 0. The molecule has 1 fully saturated rings. The molecule has 34 heavy (non-hydrogen) atoms. The molecule has 1 unspecified atom stereocenters. The van der Waals surface area contributed by atoms with Gasteiger partial charge in [-0.05, 0) is 32.8 Å². The number of hydrogen-bond acceptors (Lipinski definition) is 8. The van der Waals surface area contributed by atoms with Crippen LogP contribution in [0.1, 0.15) is 25.0 Å². The van der Waals surface area contributed by atoms with E-state index in [4.69, 9.17) is 4.74 Å². The number of aromatic hydroxyl groups is 2. The average molecular weight is 473 g/mol. The zero-order chi connectivity index (χ0) is 24.4. The van der Waals surface area contributed by atoms with E-state index in [1.54, 1.807) is 6.07 Å². The van der Waals surface area contributed by atoms with Crippen molar-refractivity contribution >= 4 is 11.4 Å². The van der Waals surface area contributed by atoms with Crippen molar-refractivity contribution in [3.63, 3.8) is 0 Å². The van der Waals surface area contributed by atoms with Gasteiger partial charge in [-0.1, -0.05) is 12.2 Å². The Balaban J connectivity index is 1.37. The van der Waals surface area contributed by atoms with E-state index in [2.05, 4.69) is 9.80 Å². The van der Waals surface area contributed by atoms with E-state index < -0.39 is 11.0 Å². The summed E-state index contributed by atoms with van der Waals surface area (Å²) in [5.41, 5.74) is 2.27. The van der Waals surface area contributed by atoms with Gasteiger partial charge in [-0.3, -0.25) is 19.6 Å². The lowest BCUT2D eigenvalue weighted by Gasteiger charge is -2.37. The van der Waals surface area contributed by atoms with Crippen molar-refractivity contribution in [2.75, 3.05) is 37.6 Å². The molecule has 3 N–H and O–H groups in total. The Morgan fingerprint density at radius 2 is 1.65 bits per heavy atom. The summed E-state index contributed by atoms with van der Waals surface area (Å²) in [6.45, 7) is 7.03. The Morgan fingerprint density at radius 3 is 2.21 bits per heavy atom. The van der Waals surface area contributed by atoms with Crippen LogP contribution in [-0.4, -0.2) is 74.6 Å². The highest BCUT2D eigenvalue weighted by molar-refractivity contribution is 5.63. The number of aromatic nitrogens is 1. The molecule has 10 nitrogen and oxygen atoms in total. The SMILES string of the molecule is CC(C)Oc1cc([N+](=O)[O-])ccc1N1CCN(CC(O)Cn2c(O)c3c(c2O)CC=CC3)CC1. The van der Waals surface area contributed by atoms with E-state index in [-0.39, 0.29) is 30.1 Å². The lowest BCUT2D eigenvalue weighted by molar-refractivity contribution is -0.384. The fourth-order valence-electron chi connectivity index (χ4n) is 4.66. The molecular formula is C24H32N4O6. The van der Waals surface area contributed by atoms with Gasteiger partial charge in [0.1, 0.15) is 5.75 Å². The maximum Gasteiger partial charge on any atom is 0.273 e. The summed E-state index contributed by atoms with van der Waals surface area (Å²) in [6, 6.07) is 4.69. The summed E-state index contributed by atoms with van der Waals surface area (Å²) < 4.78 is 7.24. The second-order valence-corrected chi connectivity index (χ2v) is 9.11. The molecule has 1 atom stereocenters. The Hall–Kier alpha value is -3.24. The molecule has 184 valence electrons. The number of allylic oxidation sites excluding steroid dienone is 2. The molecule has 0 bridgehead atoms. The smallest absolute Gasteiger partial charge is 0.273 e. The van der Waals surface area contributed by atoms with Crippen LogP contribution in [0.15, 0.2) is 30.4 Å². The van der Waals surface area contributed by atoms with Crippen LogP contribution in [0.2, 0.25) is 0 Å². The fraction of sp³-hybridized carbons (Fsp3) is 0.500. The minimum absolute atomic E-state index is 0.00450. The number of rotatable bonds is 8. The van der Waals surface area contributed by atoms with Crippen LogP contribution >= 0.6 is 0 Å². The van der Waals surface area contributed by atoms with E-state index in [0.717, 1.165) is 16.8 Å². The number of aliphatic hydroxyl groups is 1. The topological polar surface area (TPSA) is 124 Å². The molecule has 1 aromatic heterocycles. The molecule has 2 aliphatic rings. The van der Waals surface area contributed by atoms with E-state index in [1.165, 1.54) is 16.7 Å². The number of fused-ring (bicyclic) bond motifs is 1. The molecule has 0 saturated carbocycles. The highest BCUT2D eigenvalue weighted by Gasteiger charge is 2.26. The summed E-state index contributed by atoms with van der Waals surface area (Å²) in [5.74, 6) is 0.544. The predicted octanol–water partition coefficient (Wildman–Crippen LogP) is 2.43. The van der Waals surface area contributed by atoms with Crippen molar-refractivity contribution in [2.45, 2.75) is 45.4 Å². The quantitative estimate of drug-likeness (QED) is 0.304. The number of aliphatic hydroxyl groups excluding tert-OH is 1. The maximum atomic E-state index is 11.2. The van der Waals surface area contributed by atoms with Crippen LogP contribution in [0, 0.1) is 10.1 Å². The van der Waals surface area contributed by atoms with Crippen LogP contribution in [0.5, 0.6) is 17.5 Å². The first-order valence-electron chi connectivity index (χ1n) is 11.6. The van der Waals surface area contributed by atoms with E-state index in [0.29, 0.717) is 51.3 Å². The van der Waals surface area contributed by atoms with Crippen molar-refractivity contribution in [1.29, 1.82) is 0 Å². The Labute approximate surface area is 198 Å². The third-order valence-corrected chi connectivity index (χ3v) is 6.32. The van der Waals surface area contributed by atoms with Gasteiger partial charge in [-0.15, -0.1) is 0 Å². The van der Waals surface area contributed by atoms with Crippen molar-refractivity contribution in [1.82, 2.24) is 9.47 Å². The summed E-state index contributed by atoms with van der Waals surface area (Å²) in [4.78, 5) is 15.0. The molecule has 1 aliphatic carbocycles. The van der Waals surface area contributed by atoms with Crippen LogP contribution in [0.4, 0.5) is 11.4 Å². The molecule has 0 radical (unpaired) electrons. The third kappa shape index (κ3) is 4.97. The standard InChI is InChI=1S/C24H32N4O6/c1-16(2)34-22-13-17(28(32)33)7-8-21(22)26-11-9-25(10-12-26)14-18(29)15-27-23(30)19-5-3-4-6-20(19)24(27)31/h3-4,7-8,13,16,18,29-31H,5-6,9-12,14-15H2,1-2H3. The predicted molar refractivity (Wildman–Crippen MR) is 128 cm³/mol. The molecule has 2 aromatic rings. The summed E-state index contributed by atoms with van der Waals surface area (Å²) in [6.07, 6.45) is 4.20. The zero-order valence-electron chi connectivity index (χ0n) is 19.6. The number of nitro groups is 1. The van der Waals surface area contributed by atoms with Gasteiger partial charge >= 0.3 is 0 Å². The minimum atomic E-state index is -0.760. The Bertz CT molecular complexity index is 1040.